The molecule has 0 aliphatic rings. The molecule has 0 saturated heterocycles. The molecule has 3 N–H and O–H groups in total. The molecule has 0 aliphatic heterocycles. The van der Waals surface area contributed by atoms with Gasteiger partial charge >= 0.3 is 5.97 Å². The van der Waals surface area contributed by atoms with Gasteiger partial charge in [0.15, 0.2) is 0 Å². The lowest BCUT2D eigenvalue weighted by Crippen LogP contribution is -2.15. The molecule has 1 amide bonds. The number of primary amides is 1. The summed E-state index contributed by atoms with van der Waals surface area (Å²) >= 11 is 0. The maximum Gasteiger partial charge on any atom is 0.340 e. The number of aromatic carboxylic acids is 1. The molecule has 0 spiro atoms. The van der Waals surface area contributed by atoms with E-state index in [0.717, 1.165) is 0 Å². The van der Waals surface area contributed by atoms with E-state index in [4.69, 9.17) is 15.3 Å². The highest BCUT2D eigenvalue weighted by Crippen LogP contribution is 2.27. The van der Waals surface area contributed by atoms with Crippen LogP contribution in [0.5, 0.6) is 0 Å². The molecule has 5 heteroatoms. The number of rotatable bonds is 2. The number of carboxylic acids is 1. The largest absolute Gasteiger partial charge is 0.478 e. The zero-order chi connectivity index (χ0) is 9.59. The molecule has 0 radical (unpaired) electrons. The van der Waals surface area contributed by atoms with Crippen molar-refractivity contribution in [2.24, 2.45) is 5.73 Å². The Hall–Kier alpha value is -2.04. The summed E-state index contributed by atoms with van der Waals surface area (Å²) in [5.74, 6) is -1.99. The lowest BCUT2D eigenvalue weighted by molar-refractivity contribution is 0.0694. The van der Waals surface area contributed by atoms with Crippen LogP contribution in [0.1, 0.15) is 20.7 Å². The molecular formula is C8H5NO4. The monoisotopic (exact) mass is 179 g/mol. The number of nitrogens with two attached hydrogens (primary N) is 1. The van der Waals surface area contributed by atoms with E-state index in [0.29, 0.717) is 0 Å². The first kappa shape index (κ1) is 7.60. The lowest BCUT2D eigenvalue weighted by Gasteiger charge is -1.94. The Balaban J connectivity index is 2.80. The number of carbonyl (C=O) groups excluding carboxylic acids is 1. The van der Waals surface area contributed by atoms with Gasteiger partial charge in [0.2, 0.25) is 0 Å². The summed E-state index contributed by atoms with van der Waals surface area (Å²) in [5, 5.41) is 8.74. The van der Waals surface area contributed by atoms with E-state index < -0.39 is 11.9 Å². The fraction of sp³-hybridized carbons (Fsp3) is 0. The van der Waals surface area contributed by atoms with Crippen LogP contribution in [-0.4, -0.2) is 17.0 Å². The Labute approximate surface area is 72.1 Å². The highest BCUT2D eigenvalue weighted by molar-refractivity contribution is 6.13. The minimum atomic E-state index is -1.21. The molecule has 2 aromatic rings. The fourth-order valence-electron chi connectivity index (χ4n) is 1.31. The zero-order valence-electron chi connectivity index (χ0n) is 6.40. The van der Waals surface area contributed by atoms with E-state index in [1.54, 1.807) is 0 Å². The Bertz CT molecular complexity index is 442. The molecule has 0 saturated carbocycles. The molecule has 5 nitrogen and oxygen atoms in total. The predicted octanol–water partition coefficient (Wildman–Crippen LogP) is 0.668. The van der Waals surface area contributed by atoms with Crippen LogP contribution < -0.4 is 5.73 Å². The SMILES string of the molecule is NC(=O)c1c(C(=O)O)c2ccc1o2. The van der Waals surface area contributed by atoms with E-state index >= 15 is 0 Å². The van der Waals surface area contributed by atoms with Crippen LogP contribution in [0.15, 0.2) is 16.5 Å². The van der Waals surface area contributed by atoms with Gasteiger partial charge in [-0.2, -0.15) is 0 Å². The highest BCUT2D eigenvalue weighted by Gasteiger charge is 2.25. The number of amides is 1. The minimum Gasteiger partial charge on any atom is -0.478 e. The molecule has 66 valence electrons. The van der Waals surface area contributed by atoms with Crippen molar-refractivity contribution in [3.05, 3.63) is 23.3 Å². The van der Waals surface area contributed by atoms with Gasteiger partial charge in [-0.1, -0.05) is 0 Å². The Kier molecular flexibility index (Phi) is 1.30. The zero-order valence-corrected chi connectivity index (χ0v) is 6.40. The van der Waals surface area contributed by atoms with Crippen LogP contribution in [0, 0.1) is 0 Å². The number of fused-ring (bicyclic) bond motifs is 2. The van der Waals surface area contributed by atoms with Gasteiger partial charge in [-0.05, 0) is 12.1 Å². The quantitative estimate of drug-likeness (QED) is 0.708. The Morgan fingerprint density at radius 2 is 1.77 bits per heavy atom. The molecule has 2 heterocycles. The van der Waals surface area contributed by atoms with Crippen LogP contribution in [0.4, 0.5) is 0 Å². The topological polar surface area (TPSA) is 93.5 Å². The Morgan fingerprint density at radius 3 is 2.15 bits per heavy atom. The second-order valence-corrected chi connectivity index (χ2v) is 2.58. The maximum absolute atomic E-state index is 10.9. The second kappa shape index (κ2) is 2.22. The molecule has 0 atom stereocenters. The van der Waals surface area contributed by atoms with Crippen molar-refractivity contribution in [2.75, 3.05) is 0 Å². The number of hydrogen-bond acceptors (Lipinski definition) is 3. The van der Waals surface area contributed by atoms with Crippen molar-refractivity contribution in [3.8, 4) is 0 Å². The first-order valence-electron chi connectivity index (χ1n) is 3.49. The van der Waals surface area contributed by atoms with Crippen LogP contribution >= 0.6 is 0 Å². The predicted molar refractivity (Wildman–Crippen MR) is 42.9 cm³/mol. The van der Waals surface area contributed by atoms with Gasteiger partial charge in [-0.3, -0.25) is 4.79 Å². The van der Waals surface area contributed by atoms with Crippen LogP contribution in [0.2, 0.25) is 0 Å². The van der Waals surface area contributed by atoms with Crippen molar-refractivity contribution in [3.63, 3.8) is 0 Å². The molecule has 0 aromatic carbocycles. The molecule has 0 fully saturated rings. The molecule has 2 rings (SSSR count). The molecular weight excluding hydrogens is 174 g/mol. The van der Waals surface area contributed by atoms with E-state index in [9.17, 15) is 9.59 Å². The van der Waals surface area contributed by atoms with E-state index in [1.165, 1.54) is 12.1 Å². The summed E-state index contributed by atoms with van der Waals surface area (Å²) in [7, 11) is 0. The number of furan rings is 2. The van der Waals surface area contributed by atoms with E-state index in [2.05, 4.69) is 0 Å². The summed E-state index contributed by atoms with van der Waals surface area (Å²) in [6.45, 7) is 0. The van der Waals surface area contributed by atoms with E-state index in [1.807, 2.05) is 0 Å². The van der Waals surface area contributed by atoms with Crippen molar-refractivity contribution in [1.29, 1.82) is 0 Å². The summed E-state index contributed by atoms with van der Waals surface area (Å²) in [5.41, 5.74) is 5.20. The smallest absolute Gasteiger partial charge is 0.340 e. The standard InChI is InChI=1S/C8H5NO4/c9-7(10)5-3-1-2-4(13-3)6(5)8(11)12/h1-2H,(H2,9,10)(H,11,12). The summed E-state index contributed by atoms with van der Waals surface area (Å²) in [6.07, 6.45) is 0. The average Bonchev–Trinajstić information content (AvgIpc) is 2.60. The average molecular weight is 179 g/mol. The van der Waals surface area contributed by atoms with E-state index in [-0.39, 0.29) is 22.3 Å². The number of carboxylic acid groups (broad SMARTS) is 1. The van der Waals surface area contributed by atoms with Crippen LogP contribution in [-0.2, 0) is 0 Å². The van der Waals surface area contributed by atoms with Gasteiger partial charge in [0.25, 0.3) is 5.91 Å². The van der Waals surface area contributed by atoms with Crippen LogP contribution in [0.3, 0.4) is 0 Å². The lowest BCUT2D eigenvalue weighted by atomic mass is 10.1. The normalized spacial score (nSPS) is 10.8. The van der Waals surface area contributed by atoms with Crippen LogP contribution in [0.25, 0.3) is 11.2 Å². The maximum atomic E-state index is 10.9. The fourth-order valence-corrected chi connectivity index (χ4v) is 1.31. The molecule has 0 aliphatic carbocycles. The van der Waals surface area contributed by atoms with Crippen molar-refractivity contribution in [2.45, 2.75) is 0 Å². The third-order valence-corrected chi connectivity index (χ3v) is 1.81. The third kappa shape index (κ3) is 0.868. The number of benzene rings is 1. The molecule has 0 unspecified atom stereocenters. The summed E-state index contributed by atoms with van der Waals surface area (Å²) in [4.78, 5) is 21.6. The minimum absolute atomic E-state index is 0.0509. The van der Waals surface area contributed by atoms with Gasteiger partial charge < -0.3 is 15.3 Å². The molecule has 2 bridgehead atoms. The van der Waals surface area contributed by atoms with Crippen molar-refractivity contribution in [1.82, 2.24) is 0 Å². The van der Waals surface area contributed by atoms with Crippen molar-refractivity contribution < 1.29 is 19.1 Å². The van der Waals surface area contributed by atoms with Gasteiger partial charge in [-0.25, -0.2) is 4.79 Å². The highest BCUT2D eigenvalue weighted by atomic mass is 16.4. The summed E-state index contributed by atoms with van der Waals surface area (Å²) < 4.78 is 4.99. The second-order valence-electron chi connectivity index (χ2n) is 2.58. The molecule has 2 aromatic heterocycles. The first-order valence-corrected chi connectivity index (χ1v) is 3.49. The number of hydrogen-bond donors (Lipinski definition) is 2. The van der Waals surface area contributed by atoms with Gasteiger partial charge in [0.1, 0.15) is 22.3 Å². The molecule has 13 heavy (non-hydrogen) atoms. The van der Waals surface area contributed by atoms with Gasteiger partial charge in [-0.15, -0.1) is 0 Å². The Morgan fingerprint density at radius 1 is 1.23 bits per heavy atom. The summed E-state index contributed by atoms with van der Waals surface area (Å²) in [6, 6.07) is 3.01. The number of carbonyl (C=O) groups is 2. The first-order chi connectivity index (χ1) is 6.11. The van der Waals surface area contributed by atoms with Crippen molar-refractivity contribution >= 4 is 23.0 Å². The van der Waals surface area contributed by atoms with Gasteiger partial charge in [0, 0.05) is 0 Å². The van der Waals surface area contributed by atoms with Gasteiger partial charge in [0.05, 0.1) is 0 Å². The third-order valence-electron chi connectivity index (χ3n) is 1.81.